The second-order valence-electron chi connectivity index (χ2n) is 5.74. The number of thioether (sulfide) groups is 1. The summed E-state index contributed by atoms with van der Waals surface area (Å²) in [5, 5.41) is 0.113. The summed E-state index contributed by atoms with van der Waals surface area (Å²) in [5.41, 5.74) is 1.77. The van der Waals surface area contributed by atoms with Crippen molar-refractivity contribution in [2.24, 2.45) is 0 Å². The fraction of sp³-hybridized carbons (Fsp3) is 0.211. The van der Waals surface area contributed by atoms with Crippen molar-refractivity contribution in [3.63, 3.8) is 0 Å². The van der Waals surface area contributed by atoms with Crippen LogP contribution in [0.1, 0.15) is 18.2 Å². The molecule has 1 aliphatic heterocycles. The van der Waals surface area contributed by atoms with Crippen LogP contribution in [0.3, 0.4) is 0 Å². The Morgan fingerprint density at radius 2 is 2.07 bits per heavy atom. The maximum absolute atomic E-state index is 12.4. The Kier molecular flexibility index (Phi) is 5.72. The van der Waals surface area contributed by atoms with Crippen molar-refractivity contribution in [2.75, 3.05) is 13.2 Å². The monoisotopic (exact) mass is 405 g/mol. The second kappa shape index (κ2) is 8.02. The predicted molar refractivity (Wildman–Crippen MR) is 103 cm³/mol. The second-order valence-corrected chi connectivity index (χ2v) is 7.14. The molecule has 0 saturated carbocycles. The van der Waals surface area contributed by atoms with E-state index in [1.807, 2.05) is 19.1 Å². The highest BCUT2D eigenvalue weighted by Gasteiger charge is 2.36. The third-order valence-corrected chi connectivity index (χ3v) is 5.14. The number of rotatable bonds is 5. The molecular formula is C19H16ClNO5S. The van der Waals surface area contributed by atoms with Crippen molar-refractivity contribution in [1.29, 1.82) is 0 Å². The summed E-state index contributed by atoms with van der Waals surface area (Å²) in [6.07, 6.45) is 1.48. The van der Waals surface area contributed by atoms with Crippen LogP contribution < -0.4 is 0 Å². The average molecular weight is 406 g/mol. The zero-order valence-corrected chi connectivity index (χ0v) is 16.2. The number of imide groups is 1. The number of benzene rings is 1. The Morgan fingerprint density at radius 3 is 2.78 bits per heavy atom. The van der Waals surface area contributed by atoms with E-state index in [0.717, 1.165) is 27.8 Å². The van der Waals surface area contributed by atoms with Gasteiger partial charge in [-0.3, -0.25) is 19.3 Å². The lowest BCUT2D eigenvalue weighted by molar-refractivity contribution is -0.145. The molecule has 0 atom stereocenters. The van der Waals surface area contributed by atoms with Crippen molar-refractivity contribution in [2.45, 2.75) is 13.8 Å². The summed E-state index contributed by atoms with van der Waals surface area (Å²) in [7, 11) is 0. The first-order chi connectivity index (χ1) is 12.9. The van der Waals surface area contributed by atoms with Gasteiger partial charge in [0, 0.05) is 16.7 Å². The molecule has 6 nitrogen and oxygen atoms in total. The van der Waals surface area contributed by atoms with Crippen LogP contribution in [0.2, 0.25) is 5.02 Å². The summed E-state index contributed by atoms with van der Waals surface area (Å²) in [6.45, 7) is 3.34. The molecular weight excluding hydrogens is 390 g/mol. The molecule has 1 saturated heterocycles. The fourth-order valence-corrected chi connectivity index (χ4v) is 3.43. The summed E-state index contributed by atoms with van der Waals surface area (Å²) in [4.78, 5) is 37.0. The Hall–Kier alpha value is -2.51. The van der Waals surface area contributed by atoms with Crippen LogP contribution in [0.25, 0.3) is 17.4 Å². The molecule has 27 heavy (non-hydrogen) atoms. The van der Waals surface area contributed by atoms with E-state index in [1.165, 1.54) is 6.08 Å². The molecule has 0 spiro atoms. The van der Waals surface area contributed by atoms with E-state index >= 15 is 0 Å². The summed E-state index contributed by atoms with van der Waals surface area (Å²) >= 11 is 6.90. The average Bonchev–Trinajstić information content (AvgIpc) is 3.18. The van der Waals surface area contributed by atoms with Crippen molar-refractivity contribution in [1.82, 2.24) is 4.90 Å². The largest absolute Gasteiger partial charge is 0.465 e. The fourth-order valence-electron chi connectivity index (χ4n) is 2.43. The van der Waals surface area contributed by atoms with Crippen LogP contribution in [-0.4, -0.2) is 35.2 Å². The Bertz CT molecular complexity index is 949. The molecule has 2 amide bonds. The van der Waals surface area contributed by atoms with Crippen molar-refractivity contribution >= 4 is 46.6 Å². The number of carbonyl (C=O) groups is 3. The highest BCUT2D eigenvalue weighted by molar-refractivity contribution is 8.18. The smallest absolute Gasteiger partial charge is 0.326 e. The molecule has 1 fully saturated rings. The minimum Gasteiger partial charge on any atom is -0.465 e. The van der Waals surface area contributed by atoms with Gasteiger partial charge < -0.3 is 9.15 Å². The summed E-state index contributed by atoms with van der Waals surface area (Å²) in [6, 6.07) is 9.03. The highest BCUT2D eigenvalue weighted by Crippen LogP contribution is 2.33. The molecule has 2 heterocycles. The minimum atomic E-state index is -0.627. The third kappa shape index (κ3) is 4.26. The van der Waals surface area contributed by atoms with Gasteiger partial charge in [-0.1, -0.05) is 23.7 Å². The van der Waals surface area contributed by atoms with Crippen LogP contribution in [0.5, 0.6) is 0 Å². The number of hydrogen-bond acceptors (Lipinski definition) is 6. The summed E-state index contributed by atoms with van der Waals surface area (Å²) < 4.78 is 10.5. The molecule has 8 heteroatoms. The molecule has 2 aromatic rings. The SMILES string of the molecule is CCOC(=O)CN1C(=O)S/C(=C\c2ccc(-c3ccc(C)c(Cl)c3)o2)C1=O. The summed E-state index contributed by atoms with van der Waals surface area (Å²) in [5.74, 6) is -0.163. The van der Waals surface area contributed by atoms with E-state index in [0.29, 0.717) is 16.5 Å². The maximum Gasteiger partial charge on any atom is 0.326 e. The molecule has 1 aliphatic rings. The number of aryl methyl sites for hydroxylation is 1. The van der Waals surface area contributed by atoms with Crippen molar-refractivity contribution in [3.05, 3.63) is 51.6 Å². The topological polar surface area (TPSA) is 76.8 Å². The molecule has 0 bridgehead atoms. The zero-order chi connectivity index (χ0) is 19.6. The van der Waals surface area contributed by atoms with Crippen LogP contribution in [0.4, 0.5) is 4.79 Å². The Morgan fingerprint density at radius 1 is 1.30 bits per heavy atom. The van der Waals surface area contributed by atoms with Gasteiger partial charge in [-0.15, -0.1) is 0 Å². The van der Waals surface area contributed by atoms with E-state index < -0.39 is 23.7 Å². The molecule has 3 rings (SSSR count). The van der Waals surface area contributed by atoms with Gasteiger partial charge in [0.25, 0.3) is 11.1 Å². The molecule has 0 N–H and O–H groups in total. The van der Waals surface area contributed by atoms with E-state index in [1.54, 1.807) is 25.1 Å². The van der Waals surface area contributed by atoms with Gasteiger partial charge in [0.1, 0.15) is 18.1 Å². The van der Waals surface area contributed by atoms with E-state index in [-0.39, 0.29) is 11.5 Å². The quantitative estimate of drug-likeness (QED) is 0.538. The van der Waals surface area contributed by atoms with Gasteiger partial charge in [0.15, 0.2) is 0 Å². The number of halogens is 1. The standard InChI is InChI=1S/C19H16ClNO5S/c1-3-25-17(22)10-21-18(23)16(27-19(21)24)9-13-6-7-15(26-13)12-5-4-11(2)14(20)8-12/h4-9H,3,10H2,1-2H3/b16-9-. The van der Waals surface area contributed by atoms with E-state index in [4.69, 9.17) is 20.8 Å². The zero-order valence-electron chi connectivity index (χ0n) is 14.7. The van der Waals surface area contributed by atoms with E-state index in [2.05, 4.69) is 0 Å². The molecule has 0 unspecified atom stereocenters. The van der Waals surface area contributed by atoms with Gasteiger partial charge in [0.2, 0.25) is 0 Å². The van der Waals surface area contributed by atoms with Crippen LogP contribution in [0, 0.1) is 6.92 Å². The first kappa shape index (κ1) is 19.3. The normalized spacial score (nSPS) is 15.7. The first-order valence-corrected chi connectivity index (χ1v) is 9.36. The number of nitrogens with zero attached hydrogens (tertiary/aromatic N) is 1. The Balaban J connectivity index is 1.78. The molecule has 0 radical (unpaired) electrons. The highest BCUT2D eigenvalue weighted by atomic mass is 35.5. The van der Waals surface area contributed by atoms with Gasteiger partial charge in [0.05, 0.1) is 11.5 Å². The number of ether oxygens (including phenoxy) is 1. The molecule has 0 aliphatic carbocycles. The van der Waals surface area contributed by atoms with Gasteiger partial charge in [-0.25, -0.2) is 0 Å². The number of esters is 1. The predicted octanol–water partition coefficient (Wildman–Crippen LogP) is 4.51. The van der Waals surface area contributed by atoms with Crippen molar-refractivity contribution < 1.29 is 23.5 Å². The number of carbonyl (C=O) groups excluding carboxylic acids is 3. The lowest BCUT2D eigenvalue weighted by Gasteiger charge is -2.10. The Labute approximate surface area is 165 Å². The van der Waals surface area contributed by atoms with Crippen LogP contribution >= 0.6 is 23.4 Å². The number of furan rings is 1. The van der Waals surface area contributed by atoms with Gasteiger partial charge in [-0.05, 0) is 49.4 Å². The molecule has 140 valence electrons. The van der Waals surface area contributed by atoms with Crippen LogP contribution in [0.15, 0.2) is 39.7 Å². The van der Waals surface area contributed by atoms with Crippen molar-refractivity contribution in [3.8, 4) is 11.3 Å². The van der Waals surface area contributed by atoms with Gasteiger partial charge in [-0.2, -0.15) is 0 Å². The van der Waals surface area contributed by atoms with E-state index in [9.17, 15) is 14.4 Å². The lowest BCUT2D eigenvalue weighted by atomic mass is 10.1. The minimum absolute atomic E-state index is 0.184. The number of hydrogen-bond donors (Lipinski definition) is 0. The first-order valence-electron chi connectivity index (χ1n) is 8.16. The lowest BCUT2D eigenvalue weighted by Crippen LogP contribution is -2.34. The van der Waals surface area contributed by atoms with Crippen LogP contribution in [-0.2, 0) is 14.3 Å². The van der Waals surface area contributed by atoms with Gasteiger partial charge >= 0.3 is 5.97 Å². The molecule has 1 aromatic carbocycles. The third-order valence-electron chi connectivity index (χ3n) is 3.82. The number of amides is 2. The maximum atomic E-state index is 12.4. The molecule has 1 aromatic heterocycles.